The third-order valence-corrected chi connectivity index (χ3v) is 4.19. The molecular weight excluding hydrogens is 338 g/mol. The van der Waals surface area contributed by atoms with Crippen LogP contribution in [-0.2, 0) is 0 Å². The number of rotatable bonds is 6. The smallest absolute Gasteiger partial charge is 0.271 e. The van der Waals surface area contributed by atoms with Gasteiger partial charge in [-0.1, -0.05) is 30.3 Å². The normalized spacial score (nSPS) is 11.5. The second-order valence-electron chi connectivity index (χ2n) is 6.46. The Hall–Kier alpha value is -3.41. The van der Waals surface area contributed by atoms with Crippen molar-refractivity contribution in [1.82, 2.24) is 15.3 Å². The van der Waals surface area contributed by atoms with E-state index in [4.69, 9.17) is 0 Å². The van der Waals surface area contributed by atoms with Crippen LogP contribution in [0.1, 0.15) is 29.0 Å². The number of nitrogens with zero attached hydrogens (tertiary/aromatic N) is 3. The lowest BCUT2D eigenvalue weighted by atomic mass is 10.1. The maximum absolute atomic E-state index is 12.4. The van der Waals surface area contributed by atoms with Gasteiger partial charge in [-0.25, -0.2) is 9.97 Å². The number of anilines is 3. The molecule has 1 atom stereocenters. The summed E-state index contributed by atoms with van der Waals surface area (Å²) in [5.41, 5.74) is 3.35. The van der Waals surface area contributed by atoms with Crippen LogP contribution >= 0.6 is 0 Å². The van der Waals surface area contributed by atoms with E-state index in [1.54, 1.807) is 6.20 Å². The Morgan fingerprint density at radius 1 is 0.963 bits per heavy atom. The molecule has 2 aromatic carbocycles. The highest BCUT2D eigenvalue weighted by Gasteiger charge is 2.13. The van der Waals surface area contributed by atoms with Crippen molar-refractivity contribution in [2.75, 3.05) is 24.3 Å². The van der Waals surface area contributed by atoms with E-state index in [0.29, 0.717) is 5.82 Å². The zero-order valence-electron chi connectivity index (χ0n) is 15.7. The highest BCUT2D eigenvalue weighted by molar-refractivity contribution is 5.92. The van der Waals surface area contributed by atoms with Gasteiger partial charge < -0.3 is 15.5 Å². The van der Waals surface area contributed by atoms with Crippen LogP contribution in [0.15, 0.2) is 67.0 Å². The number of nitrogens with one attached hydrogen (secondary N) is 2. The fraction of sp³-hybridized carbons (Fsp3) is 0.190. The molecule has 1 unspecified atom stereocenters. The van der Waals surface area contributed by atoms with Gasteiger partial charge in [-0.2, -0.15) is 0 Å². The largest absolute Gasteiger partial charge is 0.378 e. The Kier molecular flexibility index (Phi) is 5.66. The highest BCUT2D eigenvalue weighted by Crippen LogP contribution is 2.18. The van der Waals surface area contributed by atoms with Crippen molar-refractivity contribution in [3.05, 3.63) is 78.2 Å². The molecule has 6 nitrogen and oxygen atoms in total. The lowest BCUT2D eigenvalue weighted by Crippen LogP contribution is -2.27. The first kappa shape index (κ1) is 18.4. The summed E-state index contributed by atoms with van der Waals surface area (Å²) in [5.74, 6) is 0.334. The molecule has 0 spiro atoms. The third-order valence-electron chi connectivity index (χ3n) is 4.19. The Balaban J connectivity index is 1.61. The molecule has 1 heterocycles. The van der Waals surface area contributed by atoms with Crippen molar-refractivity contribution in [2.45, 2.75) is 13.0 Å². The number of hydrogen-bond donors (Lipinski definition) is 2. The SMILES string of the molecule is CC(NC(=O)c1cnc(Nc2ccc(N(C)C)cc2)cn1)c1ccccc1. The van der Waals surface area contributed by atoms with Crippen LogP contribution in [-0.4, -0.2) is 30.0 Å². The van der Waals surface area contributed by atoms with E-state index in [1.165, 1.54) is 6.20 Å². The summed E-state index contributed by atoms with van der Waals surface area (Å²) in [4.78, 5) is 22.9. The number of amides is 1. The topological polar surface area (TPSA) is 70.2 Å². The third kappa shape index (κ3) is 4.82. The number of carbonyl (C=O) groups excluding carboxylic acids is 1. The molecule has 3 aromatic rings. The maximum Gasteiger partial charge on any atom is 0.271 e. The van der Waals surface area contributed by atoms with Gasteiger partial charge in [-0.05, 0) is 36.8 Å². The number of carbonyl (C=O) groups is 1. The fourth-order valence-electron chi connectivity index (χ4n) is 2.60. The van der Waals surface area contributed by atoms with E-state index < -0.39 is 0 Å². The van der Waals surface area contributed by atoms with Crippen LogP contribution in [0.2, 0.25) is 0 Å². The number of aromatic nitrogens is 2. The molecule has 1 aromatic heterocycles. The summed E-state index contributed by atoms with van der Waals surface area (Å²) < 4.78 is 0. The van der Waals surface area contributed by atoms with Crippen molar-refractivity contribution in [1.29, 1.82) is 0 Å². The lowest BCUT2D eigenvalue weighted by Gasteiger charge is -2.14. The van der Waals surface area contributed by atoms with E-state index in [2.05, 4.69) is 20.6 Å². The second-order valence-corrected chi connectivity index (χ2v) is 6.46. The molecule has 3 rings (SSSR count). The van der Waals surface area contributed by atoms with Crippen LogP contribution in [0.5, 0.6) is 0 Å². The zero-order valence-corrected chi connectivity index (χ0v) is 15.7. The second kappa shape index (κ2) is 8.31. The molecule has 27 heavy (non-hydrogen) atoms. The Labute approximate surface area is 159 Å². The monoisotopic (exact) mass is 361 g/mol. The summed E-state index contributed by atoms with van der Waals surface area (Å²) in [6.45, 7) is 1.94. The molecule has 0 aliphatic rings. The van der Waals surface area contributed by atoms with Gasteiger partial charge in [0.1, 0.15) is 11.5 Å². The Bertz CT molecular complexity index is 877. The van der Waals surface area contributed by atoms with Gasteiger partial charge in [0.15, 0.2) is 0 Å². The summed E-state index contributed by atoms with van der Waals surface area (Å²) in [6.07, 6.45) is 3.03. The van der Waals surface area contributed by atoms with Crippen LogP contribution in [0.25, 0.3) is 0 Å². The van der Waals surface area contributed by atoms with Crippen molar-refractivity contribution < 1.29 is 4.79 Å². The predicted molar refractivity (Wildman–Crippen MR) is 108 cm³/mol. The van der Waals surface area contributed by atoms with E-state index in [9.17, 15) is 4.79 Å². The fourth-order valence-corrected chi connectivity index (χ4v) is 2.60. The van der Waals surface area contributed by atoms with E-state index in [1.807, 2.05) is 80.5 Å². The summed E-state index contributed by atoms with van der Waals surface area (Å²) >= 11 is 0. The molecule has 2 N–H and O–H groups in total. The standard InChI is InChI=1S/C21H23N5O/c1-15(16-7-5-4-6-8-16)24-21(27)19-13-23-20(14-22-19)25-17-9-11-18(12-10-17)26(2)3/h4-15H,1-3H3,(H,23,25)(H,24,27). The maximum atomic E-state index is 12.4. The first-order chi connectivity index (χ1) is 13.0. The molecule has 0 bridgehead atoms. The van der Waals surface area contributed by atoms with Crippen LogP contribution in [0, 0.1) is 0 Å². The minimum Gasteiger partial charge on any atom is -0.378 e. The van der Waals surface area contributed by atoms with E-state index in [-0.39, 0.29) is 17.6 Å². The van der Waals surface area contributed by atoms with Crippen molar-refractivity contribution >= 4 is 23.1 Å². The zero-order chi connectivity index (χ0) is 19.2. The molecule has 0 aliphatic heterocycles. The molecular formula is C21H23N5O. The quantitative estimate of drug-likeness (QED) is 0.699. The average Bonchev–Trinajstić information content (AvgIpc) is 2.69. The Morgan fingerprint density at radius 2 is 1.67 bits per heavy atom. The predicted octanol–water partition coefficient (Wildman–Crippen LogP) is 3.78. The van der Waals surface area contributed by atoms with Crippen molar-refractivity contribution in [3.8, 4) is 0 Å². The first-order valence-electron chi connectivity index (χ1n) is 8.75. The van der Waals surface area contributed by atoms with Gasteiger partial charge in [0.25, 0.3) is 5.91 Å². The van der Waals surface area contributed by atoms with Crippen LogP contribution < -0.4 is 15.5 Å². The van der Waals surface area contributed by atoms with E-state index in [0.717, 1.165) is 16.9 Å². The molecule has 0 radical (unpaired) electrons. The highest BCUT2D eigenvalue weighted by atomic mass is 16.1. The lowest BCUT2D eigenvalue weighted by molar-refractivity contribution is 0.0934. The van der Waals surface area contributed by atoms with Gasteiger partial charge in [0.2, 0.25) is 0 Å². The van der Waals surface area contributed by atoms with Gasteiger partial charge in [-0.15, -0.1) is 0 Å². The van der Waals surface area contributed by atoms with Crippen LogP contribution in [0.3, 0.4) is 0 Å². The van der Waals surface area contributed by atoms with Crippen molar-refractivity contribution in [2.24, 2.45) is 0 Å². The van der Waals surface area contributed by atoms with Gasteiger partial charge in [-0.3, -0.25) is 4.79 Å². The van der Waals surface area contributed by atoms with Crippen molar-refractivity contribution in [3.63, 3.8) is 0 Å². The number of hydrogen-bond acceptors (Lipinski definition) is 5. The minimum atomic E-state index is -0.249. The molecule has 0 saturated heterocycles. The summed E-state index contributed by atoms with van der Waals surface area (Å²) in [6, 6.07) is 17.7. The van der Waals surface area contributed by atoms with Gasteiger partial charge in [0.05, 0.1) is 18.4 Å². The average molecular weight is 361 g/mol. The molecule has 0 fully saturated rings. The Morgan fingerprint density at radius 3 is 2.26 bits per heavy atom. The van der Waals surface area contributed by atoms with Crippen LogP contribution in [0.4, 0.5) is 17.2 Å². The molecule has 1 amide bonds. The van der Waals surface area contributed by atoms with E-state index >= 15 is 0 Å². The molecule has 138 valence electrons. The minimum absolute atomic E-state index is 0.103. The first-order valence-corrected chi connectivity index (χ1v) is 8.75. The van der Waals surface area contributed by atoms with Gasteiger partial charge >= 0.3 is 0 Å². The summed E-state index contributed by atoms with van der Waals surface area (Å²) in [7, 11) is 3.99. The molecule has 6 heteroatoms. The summed E-state index contributed by atoms with van der Waals surface area (Å²) in [5, 5.41) is 6.11. The van der Waals surface area contributed by atoms with Gasteiger partial charge in [0, 0.05) is 25.5 Å². The molecule has 0 aliphatic carbocycles. The number of benzene rings is 2. The molecule has 0 saturated carbocycles.